The van der Waals surface area contributed by atoms with Crippen LogP contribution in [0.2, 0.25) is 0 Å². The van der Waals surface area contributed by atoms with Crippen LogP contribution < -0.4 is 15.8 Å². The van der Waals surface area contributed by atoms with Gasteiger partial charge in [-0.15, -0.1) is 0 Å². The number of carbonyl (C=O) groups is 1. The monoisotopic (exact) mass is 298 g/mol. The highest BCUT2D eigenvalue weighted by molar-refractivity contribution is 7.80. The van der Waals surface area contributed by atoms with Gasteiger partial charge >= 0.3 is 0 Å². The molecule has 3 N–H and O–H groups in total. The molecule has 1 aromatic carbocycles. The summed E-state index contributed by atoms with van der Waals surface area (Å²) in [6.07, 6.45) is 1.88. The molecule has 0 aromatic heterocycles. The molecular weight excluding hydrogens is 279 g/mol. The molecule has 0 aliphatic rings. The zero-order valence-corrected chi connectivity index (χ0v) is 12.4. The average Bonchev–Trinajstić information content (AvgIpc) is 2.37. The van der Waals surface area contributed by atoms with Crippen LogP contribution in [0.15, 0.2) is 18.2 Å². The van der Waals surface area contributed by atoms with Crippen LogP contribution >= 0.6 is 12.2 Å². The molecule has 0 saturated carbocycles. The first-order chi connectivity index (χ1) is 9.43. The first kappa shape index (κ1) is 16.4. The van der Waals surface area contributed by atoms with Gasteiger partial charge in [0.25, 0.3) is 5.91 Å². The Morgan fingerprint density at radius 2 is 2.25 bits per heavy atom. The fourth-order valence-electron chi connectivity index (χ4n) is 1.74. The number of hydrogen-bond donors (Lipinski definition) is 2. The highest BCUT2D eigenvalue weighted by Crippen LogP contribution is 2.18. The van der Waals surface area contributed by atoms with Gasteiger partial charge in [-0.05, 0) is 31.5 Å². The molecule has 0 aliphatic carbocycles. The van der Waals surface area contributed by atoms with Gasteiger partial charge in [0.05, 0.1) is 0 Å². The molecule has 1 atom stereocenters. The fraction of sp³-hybridized carbons (Fsp3) is 0.429. The first-order valence-corrected chi connectivity index (χ1v) is 6.86. The quantitative estimate of drug-likeness (QED) is 0.757. The lowest BCUT2D eigenvalue weighted by Crippen LogP contribution is -2.36. The standard InChI is InChI=1S/C14H19FN2O2S/c1-3-4-9(2)17-13(18)8-19-12-6-5-10(14(16)20)7-11(12)15/h5-7,9H,3-4,8H2,1-2H3,(H2,16,20)(H,17,18). The second-order valence-corrected chi connectivity index (χ2v) is 5.00. The van der Waals surface area contributed by atoms with Crippen LogP contribution in [0.5, 0.6) is 5.75 Å². The molecule has 1 rings (SSSR count). The van der Waals surface area contributed by atoms with Gasteiger partial charge in [0.2, 0.25) is 0 Å². The number of hydrogen-bond acceptors (Lipinski definition) is 3. The Kier molecular flexibility index (Phi) is 6.38. The summed E-state index contributed by atoms with van der Waals surface area (Å²) in [5.74, 6) is -0.864. The Labute approximate surface area is 123 Å². The van der Waals surface area contributed by atoms with Crippen LogP contribution in [0, 0.1) is 5.82 Å². The van der Waals surface area contributed by atoms with E-state index in [1.807, 2.05) is 13.8 Å². The maximum absolute atomic E-state index is 13.7. The van der Waals surface area contributed by atoms with E-state index in [0.29, 0.717) is 5.56 Å². The van der Waals surface area contributed by atoms with E-state index in [-0.39, 0.29) is 29.3 Å². The summed E-state index contributed by atoms with van der Waals surface area (Å²) in [5.41, 5.74) is 5.82. The van der Waals surface area contributed by atoms with Gasteiger partial charge in [-0.1, -0.05) is 25.6 Å². The Bertz CT molecular complexity index is 494. The first-order valence-electron chi connectivity index (χ1n) is 6.45. The minimum absolute atomic E-state index is 0.00305. The fourth-order valence-corrected chi connectivity index (χ4v) is 1.86. The van der Waals surface area contributed by atoms with Crippen molar-refractivity contribution in [1.29, 1.82) is 0 Å². The zero-order valence-electron chi connectivity index (χ0n) is 11.6. The van der Waals surface area contributed by atoms with E-state index < -0.39 is 5.82 Å². The van der Waals surface area contributed by atoms with Crippen molar-refractivity contribution in [1.82, 2.24) is 5.32 Å². The van der Waals surface area contributed by atoms with Crippen molar-refractivity contribution in [2.75, 3.05) is 6.61 Å². The highest BCUT2D eigenvalue weighted by atomic mass is 32.1. The molecule has 0 radical (unpaired) electrons. The normalized spacial score (nSPS) is 11.8. The molecule has 4 nitrogen and oxygen atoms in total. The number of thiocarbonyl (C=S) groups is 1. The van der Waals surface area contributed by atoms with Crippen LogP contribution in [0.25, 0.3) is 0 Å². The molecule has 1 unspecified atom stereocenters. The maximum atomic E-state index is 13.7. The van der Waals surface area contributed by atoms with E-state index >= 15 is 0 Å². The third-order valence-electron chi connectivity index (χ3n) is 2.70. The third kappa shape index (κ3) is 5.13. The number of rotatable bonds is 7. The molecule has 1 aromatic rings. The Hall–Kier alpha value is -1.69. The summed E-state index contributed by atoms with van der Waals surface area (Å²) in [5, 5.41) is 2.77. The van der Waals surface area contributed by atoms with Gasteiger partial charge in [-0.2, -0.15) is 0 Å². The second-order valence-electron chi connectivity index (χ2n) is 4.56. The molecule has 110 valence electrons. The van der Waals surface area contributed by atoms with E-state index in [4.69, 9.17) is 22.7 Å². The summed E-state index contributed by atoms with van der Waals surface area (Å²) >= 11 is 4.75. The molecule has 20 heavy (non-hydrogen) atoms. The largest absolute Gasteiger partial charge is 0.481 e. The Morgan fingerprint density at radius 3 is 2.80 bits per heavy atom. The predicted molar refractivity (Wildman–Crippen MR) is 80.3 cm³/mol. The lowest BCUT2D eigenvalue weighted by atomic mass is 10.2. The van der Waals surface area contributed by atoms with Crippen LogP contribution in [-0.4, -0.2) is 23.5 Å². The van der Waals surface area contributed by atoms with Gasteiger partial charge in [0.15, 0.2) is 18.2 Å². The van der Waals surface area contributed by atoms with Crippen molar-refractivity contribution in [2.24, 2.45) is 5.73 Å². The van der Waals surface area contributed by atoms with Crippen molar-refractivity contribution in [3.05, 3.63) is 29.6 Å². The summed E-state index contributed by atoms with van der Waals surface area (Å²) in [6.45, 7) is 3.73. The molecule has 0 bridgehead atoms. The van der Waals surface area contributed by atoms with Crippen molar-refractivity contribution in [3.63, 3.8) is 0 Å². The second kappa shape index (κ2) is 7.79. The maximum Gasteiger partial charge on any atom is 0.258 e. The van der Waals surface area contributed by atoms with Crippen molar-refractivity contribution in [2.45, 2.75) is 32.7 Å². The van der Waals surface area contributed by atoms with Gasteiger partial charge in [0, 0.05) is 11.6 Å². The minimum Gasteiger partial charge on any atom is -0.481 e. The van der Waals surface area contributed by atoms with E-state index in [1.54, 1.807) is 6.07 Å². The van der Waals surface area contributed by atoms with Crippen molar-refractivity contribution in [3.8, 4) is 5.75 Å². The molecule has 1 amide bonds. The molecule has 0 aliphatic heterocycles. The number of halogens is 1. The lowest BCUT2D eigenvalue weighted by Gasteiger charge is -2.13. The Balaban J connectivity index is 2.53. The van der Waals surface area contributed by atoms with Crippen LogP contribution in [-0.2, 0) is 4.79 Å². The van der Waals surface area contributed by atoms with Gasteiger partial charge in [0.1, 0.15) is 4.99 Å². The van der Waals surface area contributed by atoms with Gasteiger partial charge < -0.3 is 15.8 Å². The number of ether oxygens (including phenoxy) is 1. The number of nitrogens with two attached hydrogens (primary N) is 1. The van der Waals surface area contributed by atoms with E-state index in [2.05, 4.69) is 5.32 Å². The minimum atomic E-state index is -0.593. The van der Waals surface area contributed by atoms with Crippen molar-refractivity contribution < 1.29 is 13.9 Å². The third-order valence-corrected chi connectivity index (χ3v) is 2.94. The SMILES string of the molecule is CCCC(C)NC(=O)COc1ccc(C(N)=S)cc1F. The molecule has 0 fully saturated rings. The molecule has 0 saturated heterocycles. The smallest absolute Gasteiger partial charge is 0.258 e. The number of benzene rings is 1. The van der Waals surface area contributed by atoms with Gasteiger partial charge in [-0.25, -0.2) is 4.39 Å². The lowest BCUT2D eigenvalue weighted by molar-refractivity contribution is -0.123. The highest BCUT2D eigenvalue weighted by Gasteiger charge is 2.10. The predicted octanol–water partition coefficient (Wildman–Crippen LogP) is 2.14. The summed E-state index contributed by atoms with van der Waals surface area (Å²) in [7, 11) is 0. The Morgan fingerprint density at radius 1 is 1.55 bits per heavy atom. The number of nitrogens with one attached hydrogen (secondary N) is 1. The van der Waals surface area contributed by atoms with Crippen LogP contribution in [0.3, 0.4) is 0 Å². The zero-order chi connectivity index (χ0) is 15.1. The van der Waals surface area contributed by atoms with E-state index in [9.17, 15) is 9.18 Å². The summed E-state index contributed by atoms with van der Waals surface area (Å²) in [4.78, 5) is 11.7. The molecule has 6 heteroatoms. The van der Waals surface area contributed by atoms with Gasteiger partial charge in [-0.3, -0.25) is 4.79 Å². The van der Waals surface area contributed by atoms with E-state index in [1.165, 1.54) is 12.1 Å². The number of amides is 1. The van der Waals surface area contributed by atoms with E-state index in [0.717, 1.165) is 12.8 Å². The molecular formula is C14H19FN2O2S. The van der Waals surface area contributed by atoms with Crippen molar-refractivity contribution >= 4 is 23.1 Å². The average molecular weight is 298 g/mol. The summed E-state index contributed by atoms with van der Waals surface area (Å²) < 4.78 is 18.8. The topological polar surface area (TPSA) is 64.3 Å². The number of carbonyl (C=O) groups excluding carboxylic acids is 1. The van der Waals surface area contributed by atoms with Crippen LogP contribution in [0.1, 0.15) is 32.3 Å². The van der Waals surface area contributed by atoms with Crippen LogP contribution in [0.4, 0.5) is 4.39 Å². The molecule has 0 heterocycles. The molecule has 0 spiro atoms. The summed E-state index contributed by atoms with van der Waals surface area (Å²) in [6, 6.07) is 4.23.